The number of quaternary nitrogens is 1. The Morgan fingerprint density at radius 2 is 1.81 bits per heavy atom. The largest absolute Gasteiger partial charge is 0.360 e. The molecule has 2 aromatic heterocycles. The number of benzene rings is 2. The van der Waals surface area contributed by atoms with Gasteiger partial charge >= 0.3 is 0 Å². The maximum Gasteiger partial charge on any atom is 0.226 e. The van der Waals surface area contributed by atoms with Crippen LogP contribution in [0.4, 0.5) is 0 Å². The lowest BCUT2D eigenvalue weighted by Crippen LogP contribution is -2.87. The zero-order valence-electron chi connectivity index (χ0n) is 14.4. The predicted octanol–water partition coefficient (Wildman–Crippen LogP) is 3.96. The Morgan fingerprint density at radius 1 is 1.00 bits per heavy atom. The van der Waals surface area contributed by atoms with Gasteiger partial charge in [0.15, 0.2) is 6.04 Å². The number of hydrogen-bond donors (Lipinski definition) is 2. The van der Waals surface area contributed by atoms with Crippen LogP contribution in [0.1, 0.15) is 26.8 Å². The standard InChI is InChI=1S/C22H20N2OS/c25-22(19-15-24-20-11-5-4-10-18(19)20)21(16-7-2-1-3-8-16)23-13-12-17-9-6-14-26-17/h1-11,14-15,21,23-24H,12-13H2/p+1/t21-/m1/s1. The number of carbonyl (C=O) groups excluding carboxylic acids is 1. The second kappa shape index (κ2) is 7.68. The number of thiophene rings is 1. The molecule has 2 aromatic carbocycles. The van der Waals surface area contributed by atoms with Gasteiger partial charge < -0.3 is 10.3 Å². The number of aromatic amines is 1. The second-order valence-electron chi connectivity index (χ2n) is 6.35. The van der Waals surface area contributed by atoms with Crippen LogP contribution in [0.3, 0.4) is 0 Å². The Kier molecular flexibility index (Phi) is 4.95. The molecule has 0 unspecified atom stereocenters. The molecule has 130 valence electrons. The maximum atomic E-state index is 13.4. The average molecular weight is 361 g/mol. The lowest BCUT2D eigenvalue weighted by Gasteiger charge is -2.14. The summed E-state index contributed by atoms with van der Waals surface area (Å²) in [5.74, 6) is 0.153. The van der Waals surface area contributed by atoms with E-state index in [1.807, 2.05) is 60.8 Å². The number of rotatable bonds is 7. The summed E-state index contributed by atoms with van der Waals surface area (Å²) in [5.41, 5.74) is 2.82. The van der Waals surface area contributed by atoms with E-state index in [0.29, 0.717) is 0 Å². The van der Waals surface area contributed by atoms with Gasteiger partial charge in [-0.15, -0.1) is 11.3 Å². The summed E-state index contributed by atoms with van der Waals surface area (Å²) in [5, 5.41) is 5.25. The van der Waals surface area contributed by atoms with Gasteiger partial charge in [-0.1, -0.05) is 54.6 Å². The fourth-order valence-electron chi connectivity index (χ4n) is 3.34. The van der Waals surface area contributed by atoms with Gasteiger partial charge in [0.05, 0.1) is 6.54 Å². The number of ketones is 1. The Bertz CT molecular complexity index is 989. The van der Waals surface area contributed by atoms with E-state index in [1.165, 1.54) is 4.88 Å². The molecule has 4 aromatic rings. The van der Waals surface area contributed by atoms with Crippen LogP contribution in [-0.4, -0.2) is 17.3 Å². The first kappa shape index (κ1) is 16.8. The normalized spacial score (nSPS) is 12.3. The minimum atomic E-state index is -0.227. The zero-order valence-corrected chi connectivity index (χ0v) is 15.2. The Morgan fingerprint density at radius 3 is 2.62 bits per heavy atom. The number of carbonyl (C=O) groups is 1. The number of para-hydroxylation sites is 1. The third-order valence-electron chi connectivity index (χ3n) is 4.67. The van der Waals surface area contributed by atoms with E-state index >= 15 is 0 Å². The number of fused-ring (bicyclic) bond motifs is 1. The number of nitrogens with one attached hydrogen (secondary N) is 1. The number of H-pyrrole nitrogens is 1. The van der Waals surface area contributed by atoms with Gasteiger partial charge in [-0.25, -0.2) is 0 Å². The van der Waals surface area contributed by atoms with Gasteiger partial charge in [-0.3, -0.25) is 4.79 Å². The SMILES string of the molecule is O=C(c1c[nH]c2ccccc12)[C@H]([NH2+]CCc1cccs1)c1ccccc1. The summed E-state index contributed by atoms with van der Waals surface area (Å²) in [6.45, 7) is 0.883. The van der Waals surface area contributed by atoms with Crippen LogP contribution in [0.25, 0.3) is 10.9 Å². The van der Waals surface area contributed by atoms with Crippen LogP contribution in [0.2, 0.25) is 0 Å². The molecule has 4 rings (SSSR count). The van der Waals surface area contributed by atoms with Crippen LogP contribution in [0, 0.1) is 0 Å². The highest BCUT2D eigenvalue weighted by Gasteiger charge is 2.27. The first-order valence-corrected chi connectivity index (χ1v) is 9.72. The molecule has 0 aliphatic heterocycles. The molecule has 0 saturated carbocycles. The molecular weight excluding hydrogens is 340 g/mol. The zero-order chi connectivity index (χ0) is 17.8. The van der Waals surface area contributed by atoms with Crippen molar-refractivity contribution < 1.29 is 10.1 Å². The summed E-state index contributed by atoms with van der Waals surface area (Å²) < 4.78 is 0. The quantitative estimate of drug-likeness (QED) is 0.481. The maximum absolute atomic E-state index is 13.4. The lowest BCUT2D eigenvalue weighted by molar-refractivity contribution is -0.681. The van der Waals surface area contributed by atoms with Crippen LogP contribution in [-0.2, 0) is 6.42 Å². The average Bonchev–Trinajstić information content (AvgIpc) is 3.35. The second-order valence-corrected chi connectivity index (χ2v) is 7.39. The van der Waals surface area contributed by atoms with Crippen molar-refractivity contribution in [2.75, 3.05) is 6.54 Å². The molecule has 26 heavy (non-hydrogen) atoms. The third-order valence-corrected chi connectivity index (χ3v) is 5.61. The van der Waals surface area contributed by atoms with Crippen LogP contribution < -0.4 is 5.32 Å². The molecule has 4 heteroatoms. The number of nitrogens with two attached hydrogens (primary N) is 1. The van der Waals surface area contributed by atoms with Gasteiger partial charge in [0.2, 0.25) is 5.78 Å². The highest BCUT2D eigenvalue weighted by atomic mass is 32.1. The molecule has 0 aliphatic rings. The van der Waals surface area contributed by atoms with E-state index < -0.39 is 0 Å². The molecule has 0 fully saturated rings. The molecule has 1 atom stereocenters. The molecule has 0 bridgehead atoms. The van der Waals surface area contributed by atoms with Crippen molar-refractivity contribution in [2.45, 2.75) is 12.5 Å². The highest BCUT2D eigenvalue weighted by Crippen LogP contribution is 2.23. The van der Waals surface area contributed by atoms with Gasteiger partial charge in [0, 0.05) is 39.5 Å². The summed E-state index contributed by atoms with van der Waals surface area (Å²) in [6.07, 6.45) is 2.82. The fourth-order valence-corrected chi connectivity index (χ4v) is 4.07. The smallest absolute Gasteiger partial charge is 0.226 e. The molecule has 3 N–H and O–H groups in total. The molecule has 0 radical (unpaired) electrons. The molecule has 2 heterocycles. The van der Waals surface area contributed by atoms with Gasteiger partial charge in [0.1, 0.15) is 0 Å². The number of hydrogen-bond acceptors (Lipinski definition) is 2. The lowest BCUT2D eigenvalue weighted by atomic mass is 9.97. The van der Waals surface area contributed by atoms with E-state index in [1.54, 1.807) is 11.3 Å². The van der Waals surface area contributed by atoms with Crippen molar-refractivity contribution in [2.24, 2.45) is 0 Å². The van der Waals surface area contributed by atoms with E-state index in [4.69, 9.17) is 0 Å². The van der Waals surface area contributed by atoms with Gasteiger partial charge in [0.25, 0.3) is 0 Å². The first-order valence-electron chi connectivity index (χ1n) is 8.84. The van der Waals surface area contributed by atoms with E-state index in [0.717, 1.165) is 35.0 Å². The highest BCUT2D eigenvalue weighted by molar-refractivity contribution is 7.09. The van der Waals surface area contributed by atoms with Crippen molar-refractivity contribution in [3.05, 3.63) is 94.3 Å². The van der Waals surface area contributed by atoms with Crippen LogP contribution in [0.15, 0.2) is 78.3 Å². The Balaban J connectivity index is 1.60. The van der Waals surface area contributed by atoms with Crippen molar-refractivity contribution in [1.82, 2.24) is 4.98 Å². The molecule has 0 saturated heterocycles. The van der Waals surface area contributed by atoms with Crippen molar-refractivity contribution in [1.29, 1.82) is 0 Å². The molecule has 3 nitrogen and oxygen atoms in total. The number of Topliss-reactive ketones (excluding diaryl/α,β-unsaturated/α-hetero) is 1. The first-order chi connectivity index (χ1) is 12.8. The third kappa shape index (κ3) is 3.47. The minimum Gasteiger partial charge on any atom is -0.360 e. The van der Waals surface area contributed by atoms with Gasteiger partial charge in [-0.05, 0) is 17.5 Å². The summed E-state index contributed by atoms with van der Waals surface area (Å²) in [6, 6.07) is 22.0. The molecule has 0 aliphatic carbocycles. The van der Waals surface area contributed by atoms with E-state index in [2.05, 4.69) is 27.8 Å². The molecular formula is C22H21N2OS+. The summed E-state index contributed by atoms with van der Waals surface area (Å²) in [7, 11) is 0. The Hall–Kier alpha value is -2.69. The van der Waals surface area contributed by atoms with Crippen LogP contribution >= 0.6 is 11.3 Å². The van der Waals surface area contributed by atoms with Crippen molar-refractivity contribution >= 4 is 28.0 Å². The minimum absolute atomic E-state index is 0.153. The van der Waals surface area contributed by atoms with Gasteiger partial charge in [-0.2, -0.15) is 0 Å². The number of aromatic nitrogens is 1. The summed E-state index contributed by atoms with van der Waals surface area (Å²) in [4.78, 5) is 17.9. The van der Waals surface area contributed by atoms with E-state index in [9.17, 15) is 4.79 Å². The predicted molar refractivity (Wildman–Crippen MR) is 107 cm³/mol. The topological polar surface area (TPSA) is 49.5 Å². The van der Waals surface area contributed by atoms with Crippen LogP contribution in [0.5, 0.6) is 0 Å². The van der Waals surface area contributed by atoms with E-state index in [-0.39, 0.29) is 11.8 Å². The monoisotopic (exact) mass is 361 g/mol. The molecule has 0 amide bonds. The Labute approximate surface area is 156 Å². The molecule has 0 spiro atoms. The van der Waals surface area contributed by atoms with Crippen molar-refractivity contribution in [3.8, 4) is 0 Å². The summed E-state index contributed by atoms with van der Waals surface area (Å²) >= 11 is 1.77. The fraction of sp³-hybridized carbons (Fsp3) is 0.136. The van der Waals surface area contributed by atoms with Crippen molar-refractivity contribution in [3.63, 3.8) is 0 Å².